The van der Waals surface area contributed by atoms with Gasteiger partial charge in [0.1, 0.15) is 5.82 Å². The number of guanidine groups is 1. The van der Waals surface area contributed by atoms with Crippen LogP contribution < -0.4 is 5.32 Å². The molecule has 0 spiro atoms. The van der Waals surface area contributed by atoms with Gasteiger partial charge in [-0.3, -0.25) is 9.89 Å². The maximum atomic E-state index is 6.16. The Labute approximate surface area is 195 Å². The lowest BCUT2D eigenvalue weighted by molar-refractivity contribution is -0.0502. The molecule has 3 aromatic rings. The minimum atomic E-state index is 0.238. The topological polar surface area (TPSA) is 68.8 Å². The fraction of sp³-hybridized carbons (Fsp3) is 0.462. The number of para-hydroxylation sites is 2. The molecule has 5 rings (SSSR count). The standard InChI is InChI=1S/C26H34N6O/c1-2-27-26(28-14-8-13-25-29-21-11-6-7-12-22(21)30-25)32-18-23-24(19-32)33-16-15-31(23)17-20-9-4-3-5-10-20/h3-7,9-12,23-24H,2,8,13-19H2,1H3,(H,27,28)(H,29,30). The van der Waals surface area contributed by atoms with Crippen molar-refractivity contribution in [3.8, 4) is 0 Å². The van der Waals surface area contributed by atoms with E-state index in [1.165, 1.54) is 5.56 Å². The number of nitrogens with one attached hydrogen (secondary N) is 2. The third kappa shape index (κ3) is 5.20. The van der Waals surface area contributed by atoms with Crippen LogP contribution in [-0.2, 0) is 17.7 Å². The van der Waals surface area contributed by atoms with Crippen molar-refractivity contribution < 1.29 is 4.74 Å². The lowest BCUT2D eigenvalue weighted by atomic mass is 10.1. The first-order valence-corrected chi connectivity index (χ1v) is 12.2. The van der Waals surface area contributed by atoms with E-state index in [1.807, 2.05) is 18.2 Å². The van der Waals surface area contributed by atoms with E-state index in [0.29, 0.717) is 6.04 Å². The zero-order valence-electron chi connectivity index (χ0n) is 19.4. The number of aryl methyl sites for hydroxylation is 1. The second-order valence-corrected chi connectivity index (χ2v) is 8.88. The Bertz CT molecular complexity index is 1030. The van der Waals surface area contributed by atoms with Gasteiger partial charge >= 0.3 is 0 Å². The molecule has 0 saturated carbocycles. The minimum absolute atomic E-state index is 0.238. The van der Waals surface area contributed by atoms with Crippen LogP contribution in [0.3, 0.4) is 0 Å². The molecule has 2 saturated heterocycles. The number of fused-ring (bicyclic) bond motifs is 2. The SMILES string of the molecule is CCNC(=NCCCc1nc2ccccc2[nH]1)N1CC2OCCN(Cc3ccccc3)C2C1. The van der Waals surface area contributed by atoms with Gasteiger partial charge in [-0.25, -0.2) is 4.98 Å². The molecule has 2 fully saturated rings. The molecule has 0 amide bonds. The first-order chi connectivity index (χ1) is 16.3. The summed E-state index contributed by atoms with van der Waals surface area (Å²) in [6.07, 6.45) is 2.10. The van der Waals surface area contributed by atoms with Crippen LogP contribution in [0, 0.1) is 0 Å². The lowest BCUT2D eigenvalue weighted by Crippen LogP contribution is -2.50. The molecule has 2 aliphatic rings. The predicted octanol–water partition coefficient (Wildman–Crippen LogP) is 3.05. The molecule has 33 heavy (non-hydrogen) atoms. The van der Waals surface area contributed by atoms with E-state index >= 15 is 0 Å². The number of rotatable bonds is 7. The van der Waals surface area contributed by atoms with Crippen LogP contribution in [-0.4, -0.2) is 77.2 Å². The molecule has 2 aliphatic heterocycles. The van der Waals surface area contributed by atoms with Crippen LogP contribution in [0.25, 0.3) is 11.0 Å². The number of likely N-dealkylation sites (tertiary alicyclic amines) is 1. The number of hydrogen-bond acceptors (Lipinski definition) is 4. The number of H-pyrrole nitrogens is 1. The van der Waals surface area contributed by atoms with Gasteiger partial charge in [0.15, 0.2) is 5.96 Å². The van der Waals surface area contributed by atoms with Gasteiger partial charge in [-0.2, -0.15) is 0 Å². The van der Waals surface area contributed by atoms with Gasteiger partial charge in [-0.15, -0.1) is 0 Å². The molecule has 0 aliphatic carbocycles. The molecule has 3 heterocycles. The van der Waals surface area contributed by atoms with Crippen molar-refractivity contribution >= 4 is 17.0 Å². The molecule has 0 bridgehead atoms. The smallest absolute Gasteiger partial charge is 0.194 e. The van der Waals surface area contributed by atoms with E-state index < -0.39 is 0 Å². The fourth-order valence-corrected chi connectivity index (χ4v) is 4.93. The normalized spacial score (nSPS) is 21.5. The second kappa shape index (κ2) is 10.4. The van der Waals surface area contributed by atoms with Crippen molar-refractivity contribution in [3.05, 3.63) is 66.0 Å². The maximum absolute atomic E-state index is 6.16. The first kappa shape index (κ1) is 21.9. The Morgan fingerprint density at radius 3 is 2.85 bits per heavy atom. The highest BCUT2D eigenvalue weighted by Crippen LogP contribution is 2.24. The summed E-state index contributed by atoms with van der Waals surface area (Å²) < 4.78 is 6.16. The van der Waals surface area contributed by atoms with Crippen molar-refractivity contribution in [2.45, 2.75) is 38.5 Å². The van der Waals surface area contributed by atoms with Crippen LogP contribution in [0.15, 0.2) is 59.6 Å². The number of ether oxygens (including phenoxy) is 1. The summed E-state index contributed by atoms with van der Waals surface area (Å²) in [5, 5.41) is 3.50. The Balaban J connectivity index is 1.19. The molecule has 2 atom stereocenters. The van der Waals surface area contributed by atoms with E-state index in [2.05, 4.69) is 68.4 Å². The molecular formula is C26H34N6O. The molecule has 2 unspecified atom stereocenters. The summed E-state index contributed by atoms with van der Waals surface area (Å²) in [5.74, 6) is 2.04. The molecule has 0 radical (unpaired) electrons. The fourth-order valence-electron chi connectivity index (χ4n) is 4.93. The van der Waals surface area contributed by atoms with Gasteiger partial charge in [0, 0.05) is 45.7 Å². The number of benzene rings is 2. The molecule has 2 N–H and O–H groups in total. The molecular weight excluding hydrogens is 412 g/mol. The molecule has 1 aromatic heterocycles. The highest BCUT2D eigenvalue weighted by atomic mass is 16.5. The Kier molecular flexibility index (Phi) is 6.88. The average Bonchev–Trinajstić information content (AvgIpc) is 3.46. The average molecular weight is 447 g/mol. The molecule has 7 heteroatoms. The summed E-state index contributed by atoms with van der Waals surface area (Å²) in [6, 6.07) is 19.3. The van der Waals surface area contributed by atoms with Crippen molar-refractivity contribution in [1.82, 2.24) is 25.1 Å². The van der Waals surface area contributed by atoms with Crippen LogP contribution in [0.1, 0.15) is 24.7 Å². The number of nitrogens with zero attached hydrogens (tertiary/aromatic N) is 4. The first-order valence-electron chi connectivity index (χ1n) is 12.2. The summed E-state index contributed by atoms with van der Waals surface area (Å²) in [4.78, 5) is 18.0. The van der Waals surface area contributed by atoms with Crippen molar-refractivity contribution in [2.24, 2.45) is 4.99 Å². The van der Waals surface area contributed by atoms with E-state index in [0.717, 1.165) is 81.5 Å². The summed E-state index contributed by atoms with van der Waals surface area (Å²) in [5.41, 5.74) is 3.50. The van der Waals surface area contributed by atoms with Gasteiger partial charge in [0.05, 0.1) is 29.8 Å². The summed E-state index contributed by atoms with van der Waals surface area (Å²) >= 11 is 0. The Morgan fingerprint density at radius 1 is 1.15 bits per heavy atom. The van der Waals surface area contributed by atoms with Crippen LogP contribution in [0.5, 0.6) is 0 Å². The maximum Gasteiger partial charge on any atom is 0.194 e. The highest BCUT2D eigenvalue weighted by molar-refractivity contribution is 5.80. The van der Waals surface area contributed by atoms with E-state index in [9.17, 15) is 0 Å². The van der Waals surface area contributed by atoms with Crippen molar-refractivity contribution in [3.63, 3.8) is 0 Å². The quantitative estimate of drug-likeness (QED) is 0.332. The number of aromatic nitrogens is 2. The summed E-state index contributed by atoms with van der Waals surface area (Å²) in [6.45, 7) is 8.37. The predicted molar refractivity (Wildman–Crippen MR) is 132 cm³/mol. The Morgan fingerprint density at radius 2 is 2.00 bits per heavy atom. The molecule has 2 aromatic carbocycles. The number of imidazole rings is 1. The van der Waals surface area contributed by atoms with E-state index in [1.54, 1.807) is 0 Å². The van der Waals surface area contributed by atoms with Gasteiger partial charge in [-0.1, -0.05) is 42.5 Å². The minimum Gasteiger partial charge on any atom is -0.373 e. The van der Waals surface area contributed by atoms with E-state index in [4.69, 9.17) is 9.73 Å². The zero-order chi connectivity index (χ0) is 22.5. The third-order valence-corrected chi connectivity index (χ3v) is 6.55. The highest BCUT2D eigenvalue weighted by Gasteiger charge is 2.41. The van der Waals surface area contributed by atoms with Gasteiger partial charge in [0.25, 0.3) is 0 Å². The number of morpholine rings is 1. The summed E-state index contributed by atoms with van der Waals surface area (Å²) in [7, 11) is 0. The second-order valence-electron chi connectivity index (χ2n) is 8.88. The van der Waals surface area contributed by atoms with Crippen molar-refractivity contribution in [2.75, 3.05) is 39.3 Å². The number of hydrogen-bond donors (Lipinski definition) is 2. The van der Waals surface area contributed by atoms with Gasteiger partial charge < -0.3 is 19.9 Å². The lowest BCUT2D eigenvalue weighted by Gasteiger charge is -2.36. The zero-order valence-corrected chi connectivity index (χ0v) is 19.4. The van der Waals surface area contributed by atoms with Crippen LogP contribution in [0.4, 0.5) is 0 Å². The van der Waals surface area contributed by atoms with Crippen LogP contribution in [0.2, 0.25) is 0 Å². The monoisotopic (exact) mass is 446 g/mol. The molecule has 174 valence electrons. The van der Waals surface area contributed by atoms with Gasteiger partial charge in [0.2, 0.25) is 0 Å². The van der Waals surface area contributed by atoms with Crippen LogP contribution >= 0.6 is 0 Å². The number of aromatic amines is 1. The molecule has 7 nitrogen and oxygen atoms in total. The number of aliphatic imine (C=N–C) groups is 1. The Hall–Kier alpha value is -2.90. The van der Waals surface area contributed by atoms with E-state index in [-0.39, 0.29) is 6.10 Å². The third-order valence-electron chi connectivity index (χ3n) is 6.55. The van der Waals surface area contributed by atoms with Crippen molar-refractivity contribution in [1.29, 1.82) is 0 Å². The largest absolute Gasteiger partial charge is 0.373 e. The van der Waals surface area contributed by atoms with Gasteiger partial charge in [-0.05, 0) is 31.0 Å².